The summed E-state index contributed by atoms with van der Waals surface area (Å²) in [5.41, 5.74) is 6.06. The molecule has 6 heteroatoms. The molecule has 1 atom stereocenters. The predicted octanol–water partition coefficient (Wildman–Crippen LogP) is 1.31. The third-order valence-electron chi connectivity index (χ3n) is 3.87. The lowest BCUT2D eigenvalue weighted by Crippen LogP contribution is -2.42. The second kappa shape index (κ2) is 5.92. The molecule has 1 saturated heterocycles. The summed E-state index contributed by atoms with van der Waals surface area (Å²) in [6.45, 7) is 2.89. The average Bonchev–Trinajstić information content (AvgIpc) is 2.47. The smallest absolute Gasteiger partial charge is 0.244 e. The van der Waals surface area contributed by atoms with Crippen LogP contribution in [0.15, 0.2) is 29.2 Å². The second-order valence-corrected chi connectivity index (χ2v) is 7.11. The highest BCUT2D eigenvalue weighted by Crippen LogP contribution is 2.26. The molecule has 0 bridgehead atoms. The number of sulfonamides is 1. The van der Waals surface area contributed by atoms with Crippen LogP contribution in [0, 0.1) is 17.2 Å². The standard InChI is InChI=1S/C14H19N3O2S/c1-11(16)12-6-8-17(9-7-12)20(18,19)14-5-3-2-4-13(14)10-15/h2-5,11-12H,6-9,16H2,1H3. The highest BCUT2D eigenvalue weighted by atomic mass is 32.2. The Morgan fingerprint density at radius 3 is 2.50 bits per heavy atom. The number of nitriles is 1. The van der Waals surface area contributed by atoms with Crippen molar-refractivity contribution in [1.82, 2.24) is 4.31 Å². The summed E-state index contributed by atoms with van der Waals surface area (Å²) in [6, 6.07) is 8.36. The Morgan fingerprint density at radius 1 is 1.35 bits per heavy atom. The molecule has 2 rings (SSSR count). The van der Waals surface area contributed by atoms with Crippen LogP contribution in [0.25, 0.3) is 0 Å². The zero-order chi connectivity index (χ0) is 14.8. The number of hydrogen-bond donors (Lipinski definition) is 1. The van der Waals surface area contributed by atoms with Crippen LogP contribution in [-0.2, 0) is 10.0 Å². The van der Waals surface area contributed by atoms with Crippen LogP contribution >= 0.6 is 0 Å². The first-order valence-corrected chi connectivity index (χ1v) is 8.15. The maximum atomic E-state index is 12.6. The number of rotatable bonds is 3. The number of benzene rings is 1. The summed E-state index contributed by atoms with van der Waals surface area (Å²) in [4.78, 5) is 0.0988. The lowest BCUT2D eigenvalue weighted by Gasteiger charge is -2.33. The Bertz CT molecular complexity index is 612. The SMILES string of the molecule is CC(N)C1CCN(S(=O)(=O)c2ccccc2C#N)CC1. The van der Waals surface area contributed by atoms with Crippen molar-refractivity contribution in [2.24, 2.45) is 11.7 Å². The van der Waals surface area contributed by atoms with Gasteiger partial charge in [-0.05, 0) is 37.8 Å². The molecule has 0 amide bonds. The van der Waals surface area contributed by atoms with E-state index in [0.717, 1.165) is 12.8 Å². The highest BCUT2D eigenvalue weighted by Gasteiger charge is 2.31. The topological polar surface area (TPSA) is 87.2 Å². The molecule has 0 aromatic heterocycles. The molecular formula is C14H19N3O2S. The fourth-order valence-corrected chi connectivity index (χ4v) is 4.18. The number of piperidine rings is 1. The molecule has 0 spiro atoms. The Balaban J connectivity index is 2.23. The zero-order valence-electron chi connectivity index (χ0n) is 11.5. The normalized spacial score (nSPS) is 19.4. The molecule has 1 unspecified atom stereocenters. The summed E-state index contributed by atoms with van der Waals surface area (Å²) in [7, 11) is -3.58. The largest absolute Gasteiger partial charge is 0.328 e. The van der Waals surface area contributed by atoms with E-state index in [1.165, 1.54) is 16.4 Å². The fourth-order valence-electron chi connectivity index (χ4n) is 2.56. The molecule has 0 saturated carbocycles. The van der Waals surface area contributed by atoms with Gasteiger partial charge in [-0.25, -0.2) is 8.42 Å². The Hall–Kier alpha value is -1.42. The van der Waals surface area contributed by atoms with Gasteiger partial charge in [0.1, 0.15) is 6.07 Å². The van der Waals surface area contributed by atoms with Gasteiger partial charge in [-0.2, -0.15) is 9.57 Å². The highest BCUT2D eigenvalue weighted by molar-refractivity contribution is 7.89. The van der Waals surface area contributed by atoms with Crippen molar-refractivity contribution in [2.45, 2.75) is 30.7 Å². The van der Waals surface area contributed by atoms with Crippen molar-refractivity contribution in [3.63, 3.8) is 0 Å². The van der Waals surface area contributed by atoms with Gasteiger partial charge in [0, 0.05) is 19.1 Å². The zero-order valence-corrected chi connectivity index (χ0v) is 12.3. The quantitative estimate of drug-likeness (QED) is 0.910. The Kier molecular flexibility index (Phi) is 4.43. The van der Waals surface area contributed by atoms with E-state index in [0.29, 0.717) is 19.0 Å². The summed E-state index contributed by atoms with van der Waals surface area (Å²) in [6.07, 6.45) is 1.54. The average molecular weight is 293 g/mol. The Labute approximate surface area is 120 Å². The van der Waals surface area contributed by atoms with Crippen LogP contribution in [-0.4, -0.2) is 31.9 Å². The monoisotopic (exact) mass is 293 g/mol. The van der Waals surface area contributed by atoms with Gasteiger partial charge >= 0.3 is 0 Å². The summed E-state index contributed by atoms with van der Waals surface area (Å²) < 4.78 is 26.6. The molecule has 1 aliphatic heterocycles. The van der Waals surface area contributed by atoms with Crippen LogP contribution in [0.5, 0.6) is 0 Å². The Morgan fingerprint density at radius 2 is 1.95 bits per heavy atom. The summed E-state index contributed by atoms with van der Waals surface area (Å²) in [5, 5.41) is 9.05. The molecule has 1 fully saturated rings. The minimum absolute atomic E-state index is 0.0891. The second-order valence-electron chi connectivity index (χ2n) is 5.21. The first kappa shape index (κ1) is 15.0. The molecule has 1 heterocycles. The van der Waals surface area contributed by atoms with Crippen LogP contribution in [0.4, 0.5) is 0 Å². The van der Waals surface area contributed by atoms with E-state index in [-0.39, 0.29) is 16.5 Å². The van der Waals surface area contributed by atoms with Gasteiger partial charge in [-0.1, -0.05) is 12.1 Å². The lowest BCUT2D eigenvalue weighted by molar-refractivity contribution is 0.250. The van der Waals surface area contributed by atoms with Crippen molar-refractivity contribution < 1.29 is 8.42 Å². The molecule has 5 nitrogen and oxygen atoms in total. The maximum absolute atomic E-state index is 12.6. The molecule has 108 valence electrons. The van der Waals surface area contributed by atoms with Gasteiger partial charge in [-0.3, -0.25) is 0 Å². The molecule has 0 radical (unpaired) electrons. The van der Waals surface area contributed by atoms with E-state index in [1.807, 2.05) is 13.0 Å². The summed E-state index contributed by atoms with van der Waals surface area (Å²) in [5.74, 6) is 0.368. The van der Waals surface area contributed by atoms with Gasteiger partial charge in [0.05, 0.1) is 10.5 Å². The first-order chi connectivity index (χ1) is 9.46. The number of nitrogens with zero attached hydrogens (tertiary/aromatic N) is 2. The van der Waals surface area contributed by atoms with Crippen molar-refractivity contribution in [1.29, 1.82) is 5.26 Å². The number of nitrogens with two attached hydrogens (primary N) is 1. The molecule has 1 aromatic rings. The van der Waals surface area contributed by atoms with Crippen molar-refractivity contribution in [3.8, 4) is 6.07 Å². The van der Waals surface area contributed by atoms with Crippen molar-refractivity contribution in [3.05, 3.63) is 29.8 Å². The van der Waals surface area contributed by atoms with Crippen LogP contribution in [0.1, 0.15) is 25.3 Å². The lowest BCUT2D eigenvalue weighted by atomic mass is 9.92. The van der Waals surface area contributed by atoms with E-state index in [1.54, 1.807) is 12.1 Å². The van der Waals surface area contributed by atoms with Gasteiger partial charge in [0.25, 0.3) is 0 Å². The van der Waals surface area contributed by atoms with Gasteiger partial charge in [-0.15, -0.1) is 0 Å². The van der Waals surface area contributed by atoms with Crippen molar-refractivity contribution >= 4 is 10.0 Å². The molecule has 1 aromatic carbocycles. The molecular weight excluding hydrogens is 274 g/mol. The minimum atomic E-state index is -3.58. The van der Waals surface area contributed by atoms with Crippen LogP contribution in [0.3, 0.4) is 0 Å². The van der Waals surface area contributed by atoms with E-state index >= 15 is 0 Å². The van der Waals surface area contributed by atoms with Gasteiger partial charge in [0.2, 0.25) is 10.0 Å². The van der Waals surface area contributed by atoms with Crippen LogP contribution < -0.4 is 5.73 Å². The third-order valence-corrected chi connectivity index (χ3v) is 5.82. The predicted molar refractivity (Wildman–Crippen MR) is 76.3 cm³/mol. The molecule has 0 aliphatic carbocycles. The van der Waals surface area contributed by atoms with E-state index in [9.17, 15) is 8.42 Å². The number of hydrogen-bond acceptors (Lipinski definition) is 4. The molecule has 1 aliphatic rings. The first-order valence-electron chi connectivity index (χ1n) is 6.71. The van der Waals surface area contributed by atoms with Gasteiger partial charge in [0.15, 0.2) is 0 Å². The van der Waals surface area contributed by atoms with E-state index in [4.69, 9.17) is 11.0 Å². The van der Waals surface area contributed by atoms with E-state index < -0.39 is 10.0 Å². The third kappa shape index (κ3) is 2.85. The molecule has 20 heavy (non-hydrogen) atoms. The van der Waals surface area contributed by atoms with Gasteiger partial charge < -0.3 is 5.73 Å². The summed E-state index contributed by atoms with van der Waals surface area (Å²) >= 11 is 0. The maximum Gasteiger partial charge on any atom is 0.244 e. The minimum Gasteiger partial charge on any atom is -0.328 e. The van der Waals surface area contributed by atoms with Crippen LogP contribution in [0.2, 0.25) is 0 Å². The van der Waals surface area contributed by atoms with E-state index in [2.05, 4.69) is 0 Å². The molecule has 2 N–H and O–H groups in total. The van der Waals surface area contributed by atoms with Crippen molar-refractivity contribution in [2.75, 3.05) is 13.1 Å². The fraction of sp³-hybridized carbons (Fsp3) is 0.500.